The summed E-state index contributed by atoms with van der Waals surface area (Å²) in [5.74, 6) is 0.888. The van der Waals surface area contributed by atoms with Gasteiger partial charge in [0.1, 0.15) is 0 Å². The summed E-state index contributed by atoms with van der Waals surface area (Å²) in [7, 11) is 0. The molecule has 0 heterocycles. The Labute approximate surface area is 97.7 Å². The standard InChI is InChI=1S/C14H21NO/c1-2-11-7-8-13(9-11)15-14-6-4-3-5-12(14)10-16/h3-6,11,13,15-16H,2,7-10H2,1H3. The van der Waals surface area contributed by atoms with E-state index in [1.165, 1.54) is 25.7 Å². The van der Waals surface area contributed by atoms with Crippen LogP contribution in [0.3, 0.4) is 0 Å². The third kappa shape index (κ3) is 2.56. The molecule has 2 atom stereocenters. The van der Waals surface area contributed by atoms with E-state index in [-0.39, 0.29) is 6.61 Å². The quantitative estimate of drug-likeness (QED) is 0.815. The number of aliphatic hydroxyl groups excluding tert-OH is 1. The summed E-state index contributed by atoms with van der Waals surface area (Å²) in [6.45, 7) is 2.39. The van der Waals surface area contributed by atoms with Crippen LogP contribution in [0.4, 0.5) is 5.69 Å². The van der Waals surface area contributed by atoms with Gasteiger partial charge in [-0.1, -0.05) is 31.5 Å². The van der Waals surface area contributed by atoms with Gasteiger partial charge in [0.25, 0.3) is 0 Å². The molecule has 1 aliphatic carbocycles. The van der Waals surface area contributed by atoms with Crippen LogP contribution in [0, 0.1) is 5.92 Å². The second kappa shape index (κ2) is 5.35. The van der Waals surface area contributed by atoms with Crippen LogP contribution in [0.25, 0.3) is 0 Å². The summed E-state index contributed by atoms with van der Waals surface area (Å²) in [6.07, 6.45) is 5.17. The molecule has 1 aromatic rings. The van der Waals surface area contributed by atoms with Crippen LogP contribution < -0.4 is 5.32 Å². The Kier molecular flexibility index (Phi) is 3.83. The monoisotopic (exact) mass is 219 g/mol. The van der Waals surface area contributed by atoms with Crippen molar-refractivity contribution in [1.82, 2.24) is 0 Å². The minimum atomic E-state index is 0.118. The van der Waals surface area contributed by atoms with Crippen molar-refractivity contribution in [3.63, 3.8) is 0 Å². The third-order valence-corrected chi connectivity index (χ3v) is 3.67. The van der Waals surface area contributed by atoms with E-state index in [2.05, 4.69) is 18.3 Å². The molecule has 1 saturated carbocycles. The Morgan fingerprint density at radius 2 is 2.12 bits per heavy atom. The van der Waals surface area contributed by atoms with Crippen molar-refractivity contribution >= 4 is 5.69 Å². The maximum Gasteiger partial charge on any atom is 0.0701 e. The molecule has 2 N–H and O–H groups in total. The molecule has 1 aromatic carbocycles. The Balaban J connectivity index is 1.99. The van der Waals surface area contributed by atoms with Gasteiger partial charge < -0.3 is 10.4 Å². The molecule has 2 nitrogen and oxygen atoms in total. The number of benzene rings is 1. The molecular weight excluding hydrogens is 198 g/mol. The zero-order chi connectivity index (χ0) is 11.4. The molecule has 2 unspecified atom stereocenters. The van der Waals surface area contributed by atoms with Gasteiger partial charge in [-0.15, -0.1) is 0 Å². The highest BCUT2D eigenvalue weighted by atomic mass is 16.3. The number of hydrogen-bond donors (Lipinski definition) is 2. The van der Waals surface area contributed by atoms with E-state index in [0.717, 1.165) is 17.2 Å². The van der Waals surface area contributed by atoms with Crippen molar-refractivity contribution in [3.05, 3.63) is 29.8 Å². The largest absolute Gasteiger partial charge is 0.392 e. The molecule has 0 aliphatic heterocycles. The highest BCUT2D eigenvalue weighted by molar-refractivity contribution is 5.51. The lowest BCUT2D eigenvalue weighted by Gasteiger charge is -2.16. The molecule has 88 valence electrons. The van der Waals surface area contributed by atoms with Crippen molar-refractivity contribution in [2.45, 2.75) is 45.3 Å². The fraction of sp³-hybridized carbons (Fsp3) is 0.571. The molecule has 0 radical (unpaired) electrons. The third-order valence-electron chi connectivity index (χ3n) is 3.67. The van der Waals surface area contributed by atoms with Crippen LogP contribution >= 0.6 is 0 Å². The summed E-state index contributed by atoms with van der Waals surface area (Å²) in [5, 5.41) is 12.8. The molecule has 16 heavy (non-hydrogen) atoms. The van der Waals surface area contributed by atoms with E-state index in [1.54, 1.807) is 0 Å². The number of aliphatic hydroxyl groups is 1. The van der Waals surface area contributed by atoms with Crippen molar-refractivity contribution in [2.75, 3.05) is 5.32 Å². The average molecular weight is 219 g/mol. The average Bonchev–Trinajstić information content (AvgIpc) is 2.77. The zero-order valence-electron chi connectivity index (χ0n) is 9.95. The summed E-state index contributed by atoms with van der Waals surface area (Å²) in [5.41, 5.74) is 2.11. The lowest BCUT2D eigenvalue weighted by molar-refractivity contribution is 0.282. The number of nitrogens with one attached hydrogen (secondary N) is 1. The molecule has 2 heteroatoms. The van der Waals surface area contributed by atoms with Crippen molar-refractivity contribution in [2.24, 2.45) is 5.92 Å². The first-order chi connectivity index (χ1) is 7.83. The van der Waals surface area contributed by atoms with Gasteiger partial charge in [-0.2, -0.15) is 0 Å². The minimum absolute atomic E-state index is 0.118. The lowest BCUT2D eigenvalue weighted by Crippen LogP contribution is -2.16. The highest BCUT2D eigenvalue weighted by Crippen LogP contribution is 2.30. The molecule has 0 bridgehead atoms. The van der Waals surface area contributed by atoms with Crippen LogP contribution in [-0.2, 0) is 6.61 Å². The van der Waals surface area contributed by atoms with Crippen LogP contribution in [-0.4, -0.2) is 11.1 Å². The van der Waals surface area contributed by atoms with Crippen LogP contribution in [0.2, 0.25) is 0 Å². The van der Waals surface area contributed by atoms with Crippen LogP contribution in [0.1, 0.15) is 38.2 Å². The van der Waals surface area contributed by atoms with Gasteiger partial charge in [-0.3, -0.25) is 0 Å². The van der Waals surface area contributed by atoms with Gasteiger partial charge in [0, 0.05) is 17.3 Å². The van der Waals surface area contributed by atoms with E-state index in [1.807, 2.05) is 18.2 Å². The molecule has 0 spiro atoms. The van der Waals surface area contributed by atoms with E-state index in [4.69, 9.17) is 0 Å². The summed E-state index contributed by atoms with van der Waals surface area (Å²) < 4.78 is 0. The van der Waals surface area contributed by atoms with Gasteiger partial charge in [0.2, 0.25) is 0 Å². The minimum Gasteiger partial charge on any atom is -0.392 e. The van der Waals surface area contributed by atoms with Crippen LogP contribution in [0.15, 0.2) is 24.3 Å². The maximum atomic E-state index is 9.25. The first kappa shape index (κ1) is 11.5. The second-order valence-electron chi connectivity index (χ2n) is 4.74. The van der Waals surface area contributed by atoms with Crippen molar-refractivity contribution in [1.29, 1.82) is 0 Å². The van der Waals surface area contributed by atoms with E-state index >= 15 is 0 Å². The lowest BCUT2D eigenvalue weighted by atomic mass is 10.1. The number of rotatable bonds is 4. The van der Waals surface area contributed by atoms with E-state index < -0.39 is 0 Å². The van der Waals surface area contributed by atoms with Gasteiger partial charge in [0.05, 0.1) is 6.61 Å². The smallest absolute Gasteiger partial charge is 0.0701 e. The van der Waals surface area contributed by atoms with Crippen molar-refractivity contribution in [3.8, 4) is 0 Å². The first-order valence-electron chi connectivity index (χ1n) is 6.28. The number of para-hydroxylation sites is 1. The predicted molar refractivity (Wildman–Crippen MR) is 67.4 cm³/mol. The molecule has 0 aromatic heterocycles. The highest BCUT2D eigenvalue weighted by Gasteiger charge is 2.23. The first-order valence-corrected chi connectivity index (χ1v) is 6.28. The number of hydrogen-bond acceptors (Lipinski definition) is 2. The van der Waals surface area contributed by atoms with Gasteiger partial charge in [-0.25, -0.2) is 0 Å². The van der Waals surface area contributed by atoms with Gasteiger partial charge >= 0.3 is 0 Å². The summed E-state index contributed by atoms with van der Waals surface area (Å²) in [4.78, 5) is 0. The topological polar surface area (TPSA) is 32.3 Å². The molecule has 0 saturated heterocycles. The van der Waals surface area contributed by atoms with E-state index in [9.17, 15) is 5.11 Å². The molecule has 1 aliphatic rings. The van der Waals surface area contributed by atoms with Gasteiger partial charge in [0.15, 0.2) is 0 Å². The molecule has 1 fully saturated rings. The van der Waals surface area contributed by atoms with Gasteiger partial charge in [-0.05, 0) is 31.2 Å². The zero-order valence-corrected chi connectivity index (χ0v) is 9.95. The molecule has 0 amide bonds. The SMILES string of the molecule is CCC1CCC(Nc2ccccc2CO)C1. The normalized spacial score (nSPS) is 24.6. The fourth-order valence-corrected chi connectivity index (χ4v) is 2.60. The number of anilines is 1. The predicted octanol–water partition coefficient (Wildman–Crippen LogP) is 3.17. The molecule has 2 rings (SSSR count). The maximum absolute atomic E-state index is 9.25. The molecular formula is C14H21NO. The Morgan fingerprint density at radius 3 is 2.81 bits per heavy atom. The summed E-state index contributed by atoms with van der Waals surface area (Å²) in [6, 6.07) is 8.63. The summed E-state index contributed by atoms with van der Waals surface area (Å²) >= 11 is 0. The fourth-order valence-electron chi connectivity index (χ4n) is 2.60. The second-order valence-corrected chi connectivity index (χ2v) is 4.74. The van der Waals surface area contributed by atoms with E-state index in [0.29, 0.717) is 6.04 Å². The Morgan fingerprint density at radius 1 is 1.31 bits per heavy atom. The van der Waals surface area contributed by atoms with Crippen LogP contribution in [0.5, 0.6) is 0 Å². The van der Waals surface area contributed by atoms with Crippen molar-refractivity contribution < 1.29 is 5.11 Å². The Bertz CT molecular complexity index is 337. The Hall–Kier alpha value is -1.02.